The summed E-state index contributed by atoms with van der Waals surface area (Å²) in [7, 11) is 0. The molecule has 70 valence electrons. The van der Waals surface area contributed by atoms with Crippen LogP contribution in [0.1, 0.15) is 15.9 Å². The van der Waals surface area contributed by atoms with Crippen molar-refractivity contribution in [3.8, 4) is 0 Å². The van der Waals surface area contributed by atoms with E-state index < -0.39 is 11.6 Å². The van der Waals surface area contributed by atoms with Gasteiger partial charge in [0.25, 0.3) is 0 Å². The number of alkyl halides is 1. The van der Waals surface area contributed by atoms with Crippen LogP contribution in [-0.2, 0) is 0 Å². The van der Waals surface area contributed by atoms with E-state index in [1.165, 1.54) is 12.1 Å². The van der Waals surface area contributed by atoms with Crippen LogP contribution in [0.15, 0.2) is 12.1 Å². The molecule has 0 fully saturated rings. The van der Waals surface area contributed by atoms with Gasteiger partial charge >= 0.3 is 0 Å². The lowest BCUT2D eigenvalue weighted by Gasteiger charge is -2.04. The van der Waals surface area contributed by atoms with Crippen molar-refractivity contribution in [2.45, 2.75) is 6.92 Å². The minimum Gasteiger partial charge on any atom is -0.293 e. The van der Waals surface area contributed by atoms with E-state index in [1.54, 1.807) is 6.92 Å². The number of halogens is 3. The van der Waals surface area contributed by atoms with Crippen molar-refractivity contribution in [1.82, 2.24) is 0 Å². The number of carbonyl (C=O) groups is 1. The van der Waals surface area contributed by atoms with Gasteiger partial charge < -0.3 is 0 Å². The molecule has 0 bridgehead atoms. The quantitative estimate of drug-likeness (QED) is 0.553. The Kier molecular flexibility index (Phi) is 3.28. The molecule has 1 nitrogen and oxygen atoms in total. The SMILES string of the molecule is Cc1ccc(F)c(C(=O)CCl)c1Cl. The first kappa shape index (κ1) is 10.5. The average Bonchev–Trinajstić information content (AvgIpc) is 2.12. The van der Waals surface area contributed by atoms with Gasteiger partial charge in [0.15, 0.2) is 5.78 Å². The molecule has 0 saturated carbocycles. The number of carbonyl (C=O) groups excluding carboxylic acids is 1. The zero-order valence-corrected chi connectivity index (χ0v) is 8.42. The lowest BCUT2D eigenvalue weighted by atomic mass is 10.1. The average molecular weight is 221 g/mol. The lowest BCUT2D eigenvalue weighted by molar-refractivity contribution is 0.101. The van der Waals surface area contributed by atoms with Crippen LogP contribution in [0.4, 0.5) is 4.39 Å². The van der Waals surface area contributed by atoms with Crippen molar-refractivity contribution in [1.29, 1.82) is 0 Å². The summed E-state index contributed by atoms with van der Waals surface area (Å²) in [6, 6.07) is 2.73. The topological polar surface area (TPSA) is 17.1 Å². The fourth-order valence-electron chi connectivity index (χ4n) is 0.979. The van der Waals surface area contributed by atoms with E-state index in [-0.39, 0.29) is 16.5 Å². The van der Waals surface area contributed by atoms with Gasteiger partial charge in [-0.1, -0.05) is 17.7 Å². The second-order valence-corrected chi connectivity index (χ2v) is 3.26. The van der Waals surface area contributed by atoms with E-state index in [1.807, 2.05) is 0 Å². The van der Waals surface area contributed by atoms with E-state index in [9.17, 15) is 9.18 Å². The van der Waals surface area contributed by atoms with E-state index in [0.717, 1.165) is 0 Å². The molecule has 0 N–H and O–H groups in total. The van der Waals surface area contributed by atoms with Crippen LogP contribution in [0.2, 0.25) is 5.02 Å². The van der Waals surface area contributed by atoms with E-state index >= 15 is 0 Å². The van der Waals surface area contributed by atoms with Gasteiger partial charge in [-0.25, -0.2) is 4.39 Å². The number of aryl methyl sites for hydroxylation is 1. The molecule has 1 aromatic rings. The van der Waals surface area contributed by atoms with Crippen molar-refractivity contribution in [3.05, 3.63) is 34.1 Å². The molecule has 1 rings (SSSR count). The van der Waals surface area contributed by atoms with Crippen molar-refractivity contribution >= 4 is 29.0 Å². The lowest BCUT2D eigenvalue weighted by Crippen LogP contribution is -2.05. The second kappa shape index (κ2) is 4.07. The third kappa shape index (κ3) is 2.01. The van der Waals surface area contributed by atoms with Gasteiger partial charge in [-0.05, 0) is 18.6 Å². The van der Waals surface area contributed by atoms with E-state index in [2.05, 4.69) is 0 Å². The summed E-state index contributed by atoms with van der Waals surface area (Å²) in [4.78, 5) is 11.2. The minimum absolute atomic E-state index is 0.114. The Balaban J connectivity index is 3.33. The monoisotopic (exact) mass is 220 g/mol. The Labute approximate surface area is 85.5 Å². The van der Waals surface area contributed by atoms with Crippen LogP contribution in [0.5, 0.6) is 0 Å². The molecule has 0 heterocycles. The van der Waals surface area contributed by atoms with E-state index in [4.69, 9.17) is 23.2 Å². The van der Waals surface area contributed by atoms with Crippen LogP contribution >= 0.6 is 23.2 Å². The van der Waals surface area contributed by atoms with Gasteiger partial charge in [-0.15, -0.1) is 11.6 Å². The summed E-state index contributed by atoms with van der Waals surface area (Å²) in [6.45, 7) is 1.70. The summed E-state index contributed by atoms with van der Waals surface area (Å²) in [5, 5.41) is 0.144. The first-order chi connectivity index (χ1) is 6.07. The van der Waals surface area contributed by atoms with Gasteiger partial charge in [-0.2, -0.15) is 0 Å². The maximum absolute atomic E-state index is 13.1. The highest BCUT2D eigenvalue weighted by atomic mass is 35.5. The normalized spacial score (nSPS) is 10.2. The third-order valence-electron chi connectivity index (χ3n) is 1.68. The molecule has 0 aromatic heterocycles. The molecular weight excluding hydrogens is 214 g/mol. The van der Waals surface area contributed by atoms with Crippen LogP contribution in [-0.4, -0.2) is 11.7 Å². The number of Topliss-reactive ketones (excluding diaryl/α,β-unsaturated/α-hetero) is 1. The smallest absolute Gasteiger partial charge is 0.182 e. The van der Waals surface area contributed by atoms with Gasteiger partial charge in [0.2, 0.25) is 0 Å². The zero-order chi connectivity index (χ0) is 10.0. The Morgan fingerprint density at radius 2 is 2.15 bits per heavy atom. The standard InChI is InChI=1S/C9H7Cl2FO/c1-5-2-3-6(12)8(9(5)11)7(13)4-10/h2-3H,4H2,1H3. The zero-order valence-electron chi connectivity index (χ0n) is 6.90. The maximum Gasteiger partial charge on any atom is 0.182 e. The fourth-order valence-corrected chi connectivity index (χ4v) is 1.37. The Morgan fingerprint density at radius 3 is 2.69 bits per heavy atom. The second-order valence-electron chi connectivity index (χ2n) is 2.61. The molecular formula is C9H7Cl2FO. The molecule has 0 saturated heterocycles. The molecule has 0 amide bonds. The van der Waals surface area contributed by atoms with Gasteiger partial charge in [-0.3, -0.25) is 4.79 Å². The van der Waals surface area contributed by atoms with Crippen LogP contribution < -0.4 is 0 Å². The fraction of sp³-hybridized carbons (Fsp3) is 0.222. The Morgan fingerprint density at radius 1 is 1.54 bits per heavy atom. The summed E-state index contributed by atoms with van der Waals surface area (Å²) in [5.41, 5.74) is 0.549. The van der Waals surface area contributed by atoms with Crippen LogP contribution in [0.25, 0.3) is 0 Å². The molecule has 1 aromatic carbocycles. The number of benzene rings is 1. The summed E-state index contributed by atoms with van der Waals surface area (Å²) in [5.74, 6) is -1.38. The number of ketones is 1. The first-order valence-electron chi connectivity index (χ1n) is 3.61. The molecule has 0 atom stereocenters. The number of hydrogen-bond acceptors (Lipinski definition) is 1. The predicted molar refractivity (Wildman–Crippen MR) is 51.2 cm³/mol. The van der Waals surface area contributed by atoms with Crippen molar-refractivity contribution in [2.24, 2.45) is 0 Å². The van der Waals surface area contributed by atoms with Crippen molar-refractivity contribution in [3.63, 3.8) is 0 Å². The highest BCUT2D eigenvalue weighted by molar-refractivity contribution is 6.37. The highest BCUT2D eigenvalue weighted by Crippen LogP contribution is 2.23. The maximum atomic E-state index is 13.1. The Bertz CT molecular complexity index is 350. The number of rotatable bonds is 2. The van der Waals surface area contributed by atoms with Gasteiger partial charge in [0.1, 0.15) is 5.82 Å². The molecule has 0 aliphatic rings. The summed E-state index contributed by atoms with van der Waals surface area (Å²) >= 11 is 11.1. The Hall–Kier alpha value is -0.600. The molecule has 0 aliphatic heterocycles. The summed E-state index contributed by atoms with van der Waals surface area (Å²) in [6.07, 6.45) is 0. The molecule has 0 spiro atoms. The molecule has 0 radical (unpaired) electrons. The highest BCUT2D eigenvalue weighted by Gasteiger charge is 2.16. The van der Waals surface area contributed by atoms with Gasteiger partial charge in [0, 0.05) is 0 Å². The molecule has 0 unspecified atom stereocenters. The largest absolute Gasteiger partial charge is 0.293 e. The van der Waals surface area contributed by atoms with Gasteiger partial charge in [0.05, 0.1) is 16.5 Å². The minimum atomic E-state index is -0.624. The molecule has 0 aliphatic carbocycles. The predicted octanol–water partition coefficient (Wildman–Crippen LogP) is 3.21. The molecule has 4 heteroatoms. The third-order valence-corrected chi connectivity index (χ3v) is 2.41. The molecule has 13 heavy (non-hydrogen) atoms. The van der Waals surface area contributed by atoms with E-state index in [0.29, 0.717) is 5.56 Å². The first-order valence-corrected chi connectivity index (χ1v) is 4.53. The number of hydrogen-bond donors (Lipinski definition) is 0. The summed E-state index contributed by atoms with van der Waals surface area (Å²) < 4.78 is 13.1. The van der Waals surface area contributed by atoms with Crippen LogP contribution in [0.3, 0.4) is 0 Å². The van der Waals surface area contributed by atoms with Crippen LogP contribution in [0, 0.1) is 12.7 Å². The van der Waals surface area contributed by atoms with Crippen molar-refractivity contribution < 1.29 is 9.18 Å². The van der Waals surface area contributed by atoms with Crippen molar-refractivity contribution in [2.75, 3.05) is 5.88 Å².